The van der Waals surface area contributed by atoms with Crippen molar-refractivity contribution in [3.05, 3.63) is 58.4 Å². The van der Waals surface area contributed by atoms with E-state index in [9.17, 15) is 4.39 Å². The zero-order valence-corrected chi connectivity index (χ0v) is 11.8. The molecular weight excluding hydrogens is 281 g/mol. The standard InChI is InChI=1S/C15H15ClFNO2/c1-19-12-4-3-11(14(17)7-12)9-20-15-5-2-10(8-18)6-13(15)16/h2-7H,8-9,18H2,1H3. The van der Waals surface area contributed by atoms with Gasteiger partial charge in [-0.3, -0.25) is 0 Å². The van der Waals surface area contributed by atoms with Crippen molar-refractivity contribution in [1.82, 2.24) is 0 Å². The van der Waals surface area contributed by atoms with Crippen molar-refractivity contribution in [2.75, 3.05) is 7.11 Å². The fraction of sp³-hybridized carbons (Fsp3) is 0.200. The molecule has 0 aromatic heterocycles. The molecule has 2 aromatic rings. The molecule has 0 heterocycles. The number of hydrogen-bond donors (Lipinski definition) is 1. The summed E-state index contributed by atoms with van der Waals surface area (Å²) in [6, 6.07) is 9.91. The van der Waals surface area contributed by atoms with Gasteiger partial charge in [0.2, 0.25) is 0 Å². The first kappa shape index (κ1) is 14.6. The lowest BCUT2D eigenvalue weighted by Crippen LogP contribution is -2.01. The van der Waals surface area contributed by atoms with E-state index >= 15 is 0 Å². The van der Waals surface area contributed by atoms with Gasteiger partial charge in [0.25, 0.3) is 0 Å². The molecule has 2 aromatic carbocycles. The van der Waals surface area contributed by atoms with E-state index in [1.165, 1.54) is 13.2 Å². The number of nitrogens with two attached hydrogens (primary N) is 1. The molecule has 0 spiro atoms. The first-order valence-corrected chi connectivity index (χ1v) is 6.45. The molecular formula is C15H15ClFNO2. The lowest BCUT2D eigenvalue weighted by molar-refractivity contribution is 0.299. The van der Waals surface area contributed by atoms with E-state index in [0.717, 1.165) is 5.56 Å². The van der Waals surface area contributed by atoms with E-state index in [0.29, 0.717) is 28.6 Å². The third-order valence-corrected chi connectivity index (χ3v) is 3.17. The van der Waals surface area contributed by atoms with Crippen LogP contribution in [-0.4, -0.2) is 7.11 Å². The summed E-state index contributed by atoms with van der Waals surface area (Å²) in [5.41, 5.74) is 6.87. The van der Waals surface area contributed by atoms with Crippen LogP contribution < -0.4 is 15.2 Å². The van der Waals surface area contributed by atoms with Gasteiger partial charge in [-0.1, -0.05) is 17.7 Å². The third kappa shape index (κ3) is 3.40. The maximum atomic E-state index is 13.7. The van der Waals surface area contributed by atoms with Crippen molar-refractivity contribution >= 4 is 11.6 Å². The molecule has 5 heteroatoms. The Bertz CT molecular complexity index is 551. The van der Waals surface area contributed by atoms with Crippen LogP contribution in [0.1, 0.15) is 11.1 Å². The van der Waals surface area contributed by atoms with Gasteiger partial charge in [0, 0.05) is 18.2 Å². The first-order chi connectivity index (χ1) is 9.63. The summed E-state index contributed by atoms with van der Waals surface area (Å²) in [5.74, 6) is 0.592. The molecule has 106 valence electrons. The van der Waals surface area contributed by atoms with Crippen LogP contribution in [-0.2, 0) is 13.2 Å². The molecule has 0 aliphatic carbocycles. The fourth-order valence-corrected chi connectivity index (χ4v) is 1.97. The summed E-state index contributed by atoms with van der Waals surface area (Å²) < 4.78 is 24.2. The van der Waals surface area contributed by atoms with E-state index < -0.39 is 0 Å². The van der Waals surface area contributed by atoms with Crippen LogP contribution in [0.15, 0.2) is 36.4 Å². The first-order valence-electron chi connectivity index (χ1n) is 6.07. The maximum Gasteiger partial charge on any atom is 0.138 e. The summed E-state index contributed by atoms with van der Waals surface area (Å²) in [5, 5.41) is 0.460. The van der Waals surface area contributed by atoms with Crippen molar-refractivity contribution in [2.45, 2.75) is 13.2 Å². The summed E-state index contributed by atoms with van der Waals surface area (Å²) in [4.78, 5) is 0. The topological polar surface area (TPSA) is 44.5 Å². The van der Waals surface area contributed by atoms with Gasteiger partial charge in [0.15, 0.2) is 0 Å². The second-order valence-electron chi connectivity index (χ2n) is 4.21. The summed E-state index contributed by atoms with van der Waals surface area (Å²) >= 11 is 6.07. The van der Waals surface area contributed by atoms with Gasteiger partial charge in [-0.15, -0.1) is 0 Å². The minimum atomic E-state index is -0.376. The summed E-state index contributed by atoms with van der Waals surface area (Å²) in [6.07, 6.45) is 0. The normalized spacial score (nSPS) is 10.4. The van der Waals surface area contributed by atoms with Crippen molar-refractivity contribution < 1.29 is 13.9 Å². The highest BCUT2D eigenvalue weighted by molar-refractivity contribution is 6.32. The van der Waals surface area contributed by atoms with Gasteiger partial charge in [0.05, 0.1) is 12.1 Å². The Kier molecular flexibility index (Phi) is 4.82. The Morgan fingerprint density at radius 1 is 1.20 bits per heavy atom. The average Bonchev–Trinajstić information content (AvgIpc) is 2.46. The monoisotopic (exact) mass is 295 g/mol. The Labute approximate surface area is 122 Å². The number of ether oxygens (including phenoxy) is 2. The molecule has 0 radical (unpaired) electrons. The molecule has 2 rings (SSSR count). The molecule has 0 aliphatic rings. The van der Waals surface area contributed by atoms with E-state index in [2.05, 4.69) is 0 Å². The van der Waals surface area contributed by atoms with E-state index in [-0.39, 0.29) is 12.4 Å². The number of rotatable bonds is 5. The number of methoxy groups -OCH3 is 1. The van der Waals surface area contributed by atoms with Gasteiger partial charge in [-0.25, -0.2) is 4.39 Å². The molecule has 0 saturated carbocycles. The minimum absolute atomic E-state index is 0.0948. The average molecular weight is 296 g/mol. The zero-order chi connectivity index (χ0) is 14.5. The number of hydrogen-bond acceptors (Lipinski definition) is 3. The molecule has 0 amide bonds. The SMILES string of the molecule is COc1ccc(COc2ccc(CN)cc2Cl)c(F)c1. The van der Waals surface area contributed by atoms with Gasteiger partial charge in [-0.2, -0.15) is 0 Å². The van der Waals surface area contributed by atoms with Crippen molar-refractivity contribution in [1.29, 1.82) is 0 Å². The molecule has 20 heavy (non-hydrogen) atoms. The number of benzene rings is 2. The Morgan fingerprint density at radius 3 is 2.60 bits per heavy atom. The summed E-state index contributed by atoms with van der Waals surface area (Å²) in [7, 11) is 1.49. The molecule has 0 atom stereocenters. The van der Waals surface area contributed by atoms with E-state index in [1.807, 2.05) is 6.07 Å². The number of halogens is 2. The molecule has 0 aliphatic heterocycles. The second-order valence-corrected chi connectivity index (χ2v) is 4.62. The lowest BCUT2D eigenvalue weighted by Gasteiger charge is -2.10. The Hall–Kier alpha value is -1.78. The van der Waals surface area contributed by atoms with Crippen LogP contribution >= 0.6 is 11.6 Å². The third-order valence-electron chi connectivity index (χ3n) is 2.88. The smallest absolute Gasteiger partial charge is 0.138 e. The van der Waals surface area contributed by atoms with Crippen molar-refractivity contribution in [3.8, 4) is 11.5 Å². The molecule has 2 N–H and O–H groups in total. The van der Waals surface area contributed by atoms with Gasteiger partial charge in [0.1, 0.15) is 23.9 Å². The molecule has 0 saturated heterocycles. The minimum Gasteiger partial charge on any atom is -0.497 e. The predicted molar refractivity (Wildman–Crippen MR) is 76.6 cm³/mol. The van der Waals surface area contributed by atoms with Crippen LogP contribution in [0.2, 0.25) is 5.02 Å². The molecule has 0 fully saturated rings. The molecule has 3 nitrogen and oxygen atoms in total. The van der Waals surface area contributed by atoms with Crippen LogP contribution in [0.25, 0.3) is 0 Å². The van der Waals surface area contributed by atoms with Crippen LogP contribution in [0.3, 0.4) is 0 Å². The van der Waals surface area contributed by atoms with Crippen LogP contribution in [0, 0.1) is 5.82 Å². The highest BCUT2D eigenvalue weighted by Gasteiger charge is 2.07. The van der Waals surface area contributed by atoms with Crippen molar-refractivity contribution in [2.24, 2.45) is 5.73 Å². The second kappa shape index (κ2) is 6.59. The predicted octanol–water partition coefficient (Wildman–Crippen LogP) is 3.53. The van der Waals surface area contributed by atoms with E-state index in [1.54, 1.807) is 24.3 Å². The van der Waals surface area contributed by atoms with Gasteiger partial charge >= 0.3 is 0 Å². The highest BCUT2D eigenvalue weighted by Crippen LogP contribution is 2.27. The quantitative estimate of drug-likeness (QED) is 0.918. The highest BCUT2D eigenvalue weighted by atomic mass is 35.5. The summed E-state index contributed by atoms with van der Waals surface area (Å²) in [6.45, 7) is 0.505. The van der Waals surface area contributed by atoms with E-state index in [4.69, 9.17) is 26.8 Å². The van der Waals surface area contributed by atoms with Crippen LogP contribution in [0.4, 0.5) is 4.39 Å². The maximum absolute atomic E-state index is 13.7. The Morgan fingerprint density at radius 2 is 2.00 bits per heavy atom. The largest absolute Gasteiger partial charge is 0.497 e. The molecule has 0 bridgehead atoms. The fourth-order valence-electron chi connectivity index (χ4n) is 1.72. The lowest BCUT2D eigenvalue weighted by atomic mass is 10.2. The zero-order valence-electron chi connectivity index (χ0n) is 11.0. The molecule has 0 unspecified atom stereocenters. The van der Waals surface area contributed by atoms with Crippen LogP contribution in [0.5, 0.6) is 11.5 Å². The van der Waals surface area contributed by atoms with Gasteiger partial charge in [-0.05, 0) is 29.8 Å². The van der Waals surface area contributed by atoms with Gasteiger partial charge < -0.3 is 15.2 Å². The Balaban J connectivity index is 2.09. The van der Waals surface area contributed by atoms with Crippen molar-refractivity contribution in [3.63, 3.8) is 0 Å².